The molecule has 0 unspecified atom stereocenters. The highest BCUT2D eigenvalue weighted by Crippen LogP contribution is 2.25. The van der Waals surface area contributed by atoms with E-state index in [0.717, 1.165) is 14.1 Å². The minimum atomic E-state index is -3.59. The zero-order valence-electron chi connectivity index (χ0n) is 15.0. The second kappa shape index (κ2) is 9.79. The Labute approximate surface area is 172 Å². The lowest BCUT2D eigenvalue weighted by molar-refractivity contribution is -0.119. The molecule has 2 aromatic carbocycles. The van der Waals surface area contributed by atoms with Gasteiger partial charge in [-0.3, -0.25) is 9.10 Å². The number of carbonyl (C=O) groups excluding carboxylic acids is 1. The van der Waals surface area contributed by atoms with Gasteiger partial charge in [-0.05, 0) is 59.0 Å². The molecule has 1 amide bonds. The summed E-state index contributed by atoms with van der Waals surface area (Å²) in [4.78, 5) is 12.2. The van der Waals surface area contributed by atoms with Crippen LogP contribution in [0.5, 0.6) is 11.5 Å². The van der Waals surface area contributed by atoms with E-state index in [1.54, 1.807) is 43.5 Å². The van der Waals surface area contributed by atoms with Crippen LogP contribution in [0.4, 0.5) is 5.69 Å². The van der Waals surface area contributed by atoms with Gasteiger partial charge >= 0.3 is 0 Å². The van der Waals surface area contributed by atoms with Crippen LogP contribution in [0.2, 0.25) is 0 Å². The standard InChI is InChI=1S/C18H21IN2O5S/c1-25-16-5-3-4-6-17(16)26-12-11-20-18(22)13-21(27(2,23)24)15-9-7-14(19)8-10-15/h3-10H,11-13H2,1-2H3,(H,20,22). The van der Waals surface area contributed by atoms with Crippen LogP contribution in [-0.2, 0) is 14.8 Å². The summed E-state index contributed by atoms with van der Waals surface area (Å²) in [5.74, 6) is 0.763. The molecule has 2 aromatic rings. The van der Waals surface area contributed by atoms with E-state index >= 15 is 0 Å². The molecule has 0 atom stereocenters. The number of rotatable bonds is 9. The maximum Gasteiger partial charge on any atom is 0.240 e. The summed E-state index contributed by atoms with van der Waals surface area (Å²) in [6.07, 6.45) is 1.07. The van der Waals surface area contributed by atoms with Crippen molar-refractivity contribution in [3.63, 3.8) is 0 Å². The molecule has 0 heterocycles. The Kier molecular flexibility index (Phi) is 7.72. The molecule has 0 aliphatic rings. The van der Waals surface area contributed by atoms with Crippen LogP contribution in [0, 0.1) is 3.57 Å². The molecule has 0 saturated heterocycles. The largest absolute Gasteiger partial charge is 0.493 e. The maximum atomic E-state index is 12.2. The van der Waals surface area contributed by atoms with E-state index in [1.807, 2.05) is 12.1 Å². The van der Waals surface area contributed by atoms with Gasteiger partial charge in [-0.15, -0.1) is 0 Å². The number of methoxy groups -OCH3 is 1. The Morgan fingerprint density at radius 1 is 1.11 bits per heavy atom. The van der Waals surface area contributed by atoms with Crippen molar-refractivity contribution < 1.29 is 22.7 Å². The topological polar surface area (TPSA) is 84.9 Å². The number of carbonyl (C=O) groups is 1. The predicted molar refractivity (Wildman–Crippen MR) is 113 cm³/mol. The highest BCUT2D eigenvalue weighted by Gasteiger charge is 2.20. The van der Waals surface area contributed by atoms with Gasteiger partial charge < -0.3 is 14.8 Å². The molecule has 1 N–H and O–H groups in total. The Bertz CT molecular complexity index is 872. The molecule has 27 heavy (non-hydrogen) atoms. The van der Waals surface area contributed by atoms with Gasteiger partial charge in [0.2, 0.25) is 15.9 Å². The fourth-order valence-corrected chi connectivity index (χ4v) is 3.50. The number of hydrogen-bond acceptors (Lipinski definition) is 5. The van der Waals surface area contributed by atoms with Crippen LogP contribution in [0.3, 0.4) is 0 Å². The molecule has 0 radical (unpaired) electrons. The predicted octanol–water partition coefficient (Wildman–Crippen LogP) is 2.26. The lowest BCUT2D eigenvalue weighted by Crippen LogP contribution is -2.41. The second-order valence-electron chi connectivity index (χ2n) is 5.60. The maximum absolute atomic E-state index is 12.2. The molecule has 7 nitrogen and oxygen atoms in total. The first kappa shape index (κ1) is 21.3. The summed E-state index contributed by atoms with van der Waals surface area (Å²) >= 11 is 2.13. The van der Waals surface area contributed by atoms with Crippen molar-refractivity contribution in [1.29, 1.82) is 0 Å². The lowest BCUT2D eigenvalue weighted by atomic mass is 10.3. The molecule has 0 fully saturated rings. The Balaban J connectivity index is 1.90. The smallest absolute Gasteiger partial charge is 0.240 e. The van der Waals surface area contributed by atoms with Gasteiger partial charge in [-0.2, -0.15) is 0 Å². The number of hydrogen-bond donors (Lipinski definition) is 1. The number of nitrogens with one attached hydrogen (secondary N) is 1. The molecule has 0 saturated carbocycles. The number of sulfonamides is 1. The Hall–Kier alpha value is -2.01. The average molecular weight is 504 g/mol. The molecule has 0 aliphatic carbocycles. The Morgan fingerprint density at radius 2 is 1.74 bits per heavy atom. The first-order chi connectivity index (χ1) is 12.8. The quantitative estimate of drug-likeness (QED) is 0.419. The molecule has 0 spiro atoms. The fourth-order valence-electron chi connectivity index (χ4n) is 2.28. The number of amides is 1. The highest BCUT2D eigenvalue weighted by molar-refractivity contribution is 14.1. The third-order valence-corrected chi connectivity index (χ3v) is 5.41. The number of ether oxygens (including phenoxy) is 2. The van der Waals surface area contributed by atoms with Crippen molar-refractivity contribution >= 4 is 44.2 Å². The fraction of sp³-hybridized carbons (Fsp3) is 0.278. The van der Waals surface area contributed by atoms with Crippen molar-refractivity contribution in [3.05, 3.63) is 52.1 Å². The monoisotopic (exact) mass is 504 g/mol. The first-order valence-electron chi connectivity index (χ1n) is 8.07. The first-order valence-corrected chi connectivity index (χ1v) is 11.0. The van der Waals surface area contributed by atoms with Gasteiger partial charge in [0.1, 0.15) is 13.2 Å². The molecule has 2 rings (SSSR count). The SMILES string of the molecule is COc1ccccc1OCCNC(=O)CN(c1ccc(I)cc1)S(C)(=O)=O. The Morgan fingerprint density at radius 3 is 2.33 bits per heavy atom. The van der Waals surface area contributed by atoms with Gasteiger partial charge in [-0.25, -0.2) is 8.42 Å². The highest BCUT2D eigenvalue weighted by atomic mass is 127. The average Bonchev–Trinajstić information content (AvgIpc) is 2.63. The van der Waals surface area contributed by atoms with Crippen molar-refractivity contribution in [2.45, 2.75) is 0 Å². The van der Waals surface area contributed by atoms with E-state index in [4.69, 9.17) is 9.47 Å². The van der Waals surface area contributed by atoms with E-state index in [9.17, 15) is 13.2 Å². The third kappa shape index (κ3) is 6.58. The number of halogens is 1. The number of nitrogens with zero attached hydrogens (tertiary/aromatic N) is 1. The molecule has 0 bridgehead atoms. The zero-order chi connectivity index (χ0) is 19.9. The van der Waals surface area contributed by atoms with Gasteiger partial charge in [0.25, 0.3) is 0 Å². The molecule has 0 aliphatic heterocycles. The molecule has 0 aromatic heterocycles. The van der Waals surface area contributed by atoms with Crippen molar-refractivity contribution in [2.75, 3.05) is 37.4 Å². The minimum Gasteiger partial charge on any atom is -0.493 e. The summed E-state index contributed by atoms with van der Waals surface area (Å²) in [7, 11) is -2.04. The summed E-state index contributed by atoms with van der Waals surface area (Å²) in [5, 5.41) is 2.66. The van der Waals surface area contributed by atoms with Crippen LogP contribution in [-0.4, -0.2) is 47.4 Å². The van der Waals surface area contributed by atoms with Crippen LogP contribution in [0.25, 0.3) is 0 Å². The third-order valence-electron chi connectivity index (χ3n) is 3.55. The van der Waals surface area contributed by atoms with Crippen molar-refractivity contribution in [2.24, 2.45) is 0 Å². The van der Waals surface area contributed by atoms with Crippen LogP contribution in [0.15, 0.2) is 48.5 Å². The molecule has 9 heteroatoms. The van der Waals surface area contributed by atoms with Crippen molar-refractivity contribution in [1.82, 2.24) is 5.32 Å². The lowest BCUT2D eigenvalue weighted by Gasteiger charge is -2.22. The second-order valence-corrected chi connectivity index (χ2v) is 8.75. The van der Waals surface area contributed by atoms with Gasteiger partial charge in [0, 0.05) is 3.57 Å². The van der Waals surface area contributed by atoms with Gasteiger partial charge in [-0.1, -0.05) is 12.1 Å². The number of benzene rings is 2. The normalized spacial score (nSPS) is 10.9. The van der Waals surface area contributed by atoms with E-state index in [0.29, 0.717) is 17.2 Å². The number of anilines is 1. The van der Waals surface area contributed by atoms with E-state index in [2.05, 4.69) is 27.9 Å². The number of para-hydroxylation sites is 2. The molecule has 146 valence electrons. The van der Waals surface area contributed by atoms with Crippen LogP contribution < -0.4 is 19.1 Å². The van der Waals surface area contributed by atoms with E-state index in [1.165, 1.54) is 0 Å². The summed E-state index contributed by atoms with van der Waals surface area (Å²) in [5.41, 5.74) is 0.443. The summed E-state index contributed by atoms with van der Waals surface area (Å²) in [6, 6.07) is 14.1. The summed E-state index contributed by atoms with van der Waals surface area (Å²) < 4.78 is 36.9. The van der Waals surface area contributed by atoms with Crippen LogP contribution >= 0.6 is 22.6 Å². The van der Waals surface area contributed by atoms with Crippen molar-refractivity contribution in [3.8, 4) is 11.5 Å². The van der Waals surface area contributed by atoms with Gasteiger partial charge in [0.15, 0.2) is 11.5 Å². The summed E-state index contributed by atoms with van der Waals surface area (Å²) in [6.45, 7) is 0.170. The van der Waals surface area contributed by atoms with Gasteiger partial charge in [0.05, 0.1) is 25.6 Å². The van der Waals surface area contributed by atoms with E-state index in [-0.39, 0.29) is 19.7 Å². The van der Waals surface area contributed by atoms with E-state index < -0.39 is 15.9 Å². The minimum absolute atomic E-state index is 0.231. The molecular formula is C18H21IN2O5S. The zero-order valence-corrected chi connectivity index (χ0v) is 18.0. The molecular weight excluding hydrogens is 483 g/mol. The van der Waals surface area contributed by atoms with Crippen LogP contribution in [0.1, 0.15) is 0 Å².